The lowest BCUT2D eigenvalue weighted by molar-refractivity contribution is -0.136. The summed E-state index contributed by atoms with van der Waals surface area (Å²) >= 11 is 0. The molecule has 1 aromatic rings. The lowest BCUT2D eigenvalue weighted by Gasteiger charge is -2.52. The minimum atomic E-state index is -4.38. The molecule has 21 heavy (non-hydrogen) atoms. The van der Waals surface area contributed by atoms with Crippen LogP contribution in [0.15, 0.2) is 18.2 Å². The molecule has 1 aliphatic heterocycles. The van der Waals surface area contributed by atoms with Gasteiger partial charge in [0, 0.05) is 29.9 Å². The first-order valence-corrected chi connectivity index (χ1v) is 7.61. The van der Waals surface area contributed by atoms with Crippen LogP contribution in [0.4, 0.5) is 24.5 Å². The van der Waals surface area contributed by atoms with E-state index in [1.807, 2.05) is 0 Å². The van der Waals surface area contributed by atoms with E-state index in [1.165, 1.54) is 50.7 Å². The second kappa shape index (κ2) is 5.11. The number of halogens is 3. The van der Waals surface area contributed by atoms with Gasteiger partial charge in [0.25, 0.3) is 0 Å². The quantitative estimate of drug-likeness (QED) is 0.776. The third-order valence-corrected chi connectivity index (χ3v) is 4.92. The number of rotatable bonds is 1. The molecule has 0 atom stereocenters. The third-order valence-electron chi connectivity index (χ3n) is 4.92. The minimum Gasteiger partial charge on any atom is -0.398 e. The fraction of sp³-hybridized carbons (Fsp3) is 0.625. The highest BCUT2D eigenvalue weighted by Crippen LogP contribution is 2.45. The maximum absolute atomic E-state index is 12.9. The van der Waals surface area contributed by atoms with Crippen LogP contribution in [0, 0.1) is 5.41 Å². The molecule has 0 amide bonds. The molecule has 2 aliphatic rings. The van der Waals surface area contributed by atoms with Crippen molar-refractivity contribution >= 4 is 11.4 Å². The van der Waals surface area contributed by atoms with Gasteiger partial charge in [-0.25, -0.2) is 0 Å². The summed E-state index contributed by atoms with van der Waals surface area (Å²) in [5.74, 6) is 0. The molecule has 0 aromatic heterocycles. The standard InChI is InChI=1S/C16H21F3N2/c17-16(18,19)13-9-12(5-6-14(13)20)21-10-15(11-21)7-3-1-2-4-8-15/h5-6,9H,1-4,7-8,10-11,20H2. The molecule has 1 aliphatic carbocycles. The summed E-state index contributed by atoms with van der Waals surface area (Å²) in [5, 5.41) is 0. The molecule has 2 nitrogen and oxygen atoms in total. The van der Waals surface area contributed by atoms with Crippen molar-refractivity contribution in [3.63, 3.8) is 0 Å². The Morgan fingerprint density at radius 2 is 1.62 bits per heavy atom. The van der Waals surface area contributed by atoms with E-state index >= 15 is 0 Å². The van der Waals surface area contributed by atoms with Crippen LogP contribution in [-0.2, 0) is 6.18 Å². The lowest BCUT2D eigenvalue weighted by atomic mass is 9.73. The number of hydrogen-bond donors (Lipinski definition) is 1. The predicted molar refractivity (Wildman–Crippen MR) is 78.2 cm³/mol. The van der Waals surface area contributed by atoms with Crippen LogP contribution in [0.25, 0.3) is 0 Å². The average molecular weight is 298 g/mol. The van der Waals surface area contributed by atoms with E-state index < -0.39 is 11.7 Å². The van der Waals surface area contributed by atoms with Crippen molar-refractivity contribution in [2.75, 3.05) is 23.7 Å². The van der Waals surface area contributed by atoms with Gasteiger partial charge in [-0.15, -0.1) is 0 Å². The highest BCUT2D eigenvalue weighted by Gasteiger charge is 2.43. The van der Waals surface area contributed by atoms with E-state index in [4.69, 9.17) is 5.73 Å². The average Bonchev–Trinajstić information content (AvgIpc) is 2.62. The van der Waals surface area contributed by atoms with Gasteiger partial charge >= 0.3 is 6.18 Å². The molecule has 1 aromatic carbocycles. The lowest BCUT2D eigenvalue weighted by Crippen LogP contribution is -2.56. The minimum absolute atomic E-state index is 0.198. The number of hydrogen-bond acceptors (Lipinski definition) is 2. The summed E-state index contributed by atoms with van der Waals surface area (Å²) in [6.07, 6.45) is 3.14. The van der Waals surface area contributed by atoms with Crippen molar-refractivity contribution in [2.24, 2.45) is 5.41 Å². The van der Waals surface area contributed by atoms with Crippen LogP contribution < -0.4 is 10.6 Å². The maximum Gasteiger partial charge on any atom is 0.418 e. The van der Waals surface area contributed by atoms with Gasteiger partial charge in [-0.05, 0) is 31.0 Å². The molecule has 1 heterocycles. The number of nitrogen functional groups attached to an aromatic ring is 1. The van der Waals surface area contributed by atoms with E-state index in [-0.39, 0.29) is 5.69 Å². The Morgan fingerprint density at radius 1 is 1.00 bits per heavy atom. The van der Waals surface area contributed by atoms with Gasteiger partial charge < -0.3 is 10.6 Å². The summed E-state index contributed by atoms with van der Waals surface area (Å²) < 4.78 is 38.8. The molecular weight excluding hydrogens is 277 g/mol. The molecule has 0 unspecified atom stereocenters. The van der Waals surface area contributed by atoms with Gasteiger partial charge in [-0.3, -0.25) is 0 Å². The Balaban J connectivity index is 1.75. The third kappa shape index (κ3) is 2.83. The maximum atomic E-state index is 12.9. The first kappa shape index (κ1) is 14.5. The monoisotopic (exact) mass is 298 g/mol. The van der Waals surface area contributed by atoms with Gasteiger partial charge in [0.1, 0.15) is 0 Å². The molecule has 1 spiro atoms. The molecule has 0 bridgehead atoms. The Bertz CT molecular complexity index is 509. The Labute approximate surface area is 123 Å². The van der Waals surface area contributed by atoms with Gasteiger partial charge in [-0.2, -0.15) is 13.2 Å². The van der Waals surface area contributed by atoms with Crippen LogP contribution >= 0.6 is 0 Å². The van der Waals surface area contributed by atoms with Gasteiger partial charge in [-0.1, -0.05) is 25.7 Å². The normalized spacial score (nSPS) is 22.0. The van der Waals surface area contributed by atoms with E-state index in [1.54, 1.807) is 6.07 Å². The van der Waals surface area contributed by atoms with Gasteiger partial charge in [0.2, 0.25) is 0 Å². The molecule has 3 rings (SSSR count). The molecule has 116 valence electrons. The Morgan fingerprint density at radius 3 is 2.19 bits per heavy atom. The summed E-state index contributed by atoms with van der Waals surface area (Å²) in [5.41, 5.74) is 5.52. The zero-order valence-electron chi connectivity index (χ0n) is 12.0. The molecule has 2 N–H and O–H groups in total. The molecule has 2 fully saturated rings. The first-order chi connectivity index (χ1) is 9.90. The highest BCUT2D eigenvalue weighted by molar-refractivity contribution is 5.61. The van der Waals surface area contributed by atoms with Crippen molar-refractivity contribution in [1.29, 1.82) is 0 Å². The van der Waals surface area contributed by atoms with E-state index in [0.29, 0.717) is 11.1 Å². The van der Waals surface area contributed by atoms with Gasteiger partial charge in [0.05, 0.1) is 5.56 Å². The number of benzene rings is 1. The van der Waals surface area contributed by atoms with Crippen molar-refractivity contribution in [1.82, 2.24) is 0 Å². The van der Waals surface area contributed by atoms with Crippen molar-refractivity contribution in [3.05, 3.63) is 23.8 Å². The van der Waals surface area contributed by atoms with Crippen LogP contribution in [-0.4, -0.2) is 13.1 Å². The zero-order valence-corrected chi connectivity index (χ0v) is 12.0. The Kier molecular flexibility index (Phi) is 3.54. The molecule has 5 heteroatoms. The number of alkyl halides is 3. The molecule has 1 saturated carbocycles. The fourth-order valence-corrected chi connectivity index (χ4v) is 3.73. The van der Waals surface area contributed by atoms with E-state index in [2.05, 4.69) is 4.90 Å². The predicted octanol–water partition coefficient (Wildman–Crippen LogP) is 4.45. The van der Waals surface area contributed by atoms with Crippen LogP contribution in [0.5, 0.6) is 0 Å². The van der Waals surface area contributed by atoms with Crippen molar-refractivity contribution in [2.45, 2.75) is 44.7 Å². The van der Waals surface area contributed by atoms with Crippen LogP contribution in [0.2, 0.25) is 0 Å². The van der Waals surface area contributed by atoms with Crippen LogP contribution in [0.3, 0.4) is 0 Å². The largest absolute Gasteiger partial charge is 0.418 e. The zero-order chi connectivity index (χ0) is 15.1. The SMILES string of the molecule is Nc1ccc(N2CC3(CCCCCC3)C2)cc1C(F)(F)F. The van der Waals surface area contributed by atoms with Crippen molar-refractivity contribution in [3.8, 4) is 0 Å². The number of anilines is 2. The molecule has 1 saturated heterocycles. The topological polar surface area (TPSA) is 29.3 Å². The summed E-state index contributed by atoms with van der Waals surface area (Å²) in [7, 11) is 0. The second-order valence-electron chi connectivity index (χ2n) is 6.54. The fourth-order valence-electron chi connectivity index (χ4n) is 3.73. The van der Waals surface area contributed by atoms with Crippen LogP contribution in [0.1, 0.15) is 44.1 Å². The Hall–Kier alpha value is -1.39. The summed E-state index contributed by atoms with van der Waals surface area (Å²) in [4.78, 5) is 2.06. The first-order valence-electron chi connectivity index (χ1n) is 7.61. The molecule has 0 radical (unpaired) electrons. The van der Waals surface area contributed by atoms with E-state index in [9.17, 15) is 13.2 Å². The summed E-state index contributed by atoms with van der Waals surface area (Å²) in [6, 6.07) is 4.27. The number of nitrogens with two attached hydrogens (primary N) is 1. The number of nitrogens with zero attached hydrogens (tertiary/aromatic N) is 1. The van der Waals surface area contributed by atoms with Crippen molar-refractivity contribution < 1.29 is 13.2 Å². The second-order valence-corrected chi connectivity index (χ2v) is 6.54. The van der Waals surface area contributed by atoms with Gasteiger partial charge in [0.15, 0.2) is 0 Å². The highest BCUT2D eigenvalue weighted by atomic mass is 19.4. The molecular formula is C16H21F3N2. The summed E-state index contributed by atoms with van der Waals surface area (Å²) in [6.45, 7) is 1.77. The van der Waals surface area contributed by atoms with E-state index in [0.717, 1.165) is 13.1 Å². The smallest absolute Gasteiger partial charge is 0.398 e.